The second kappa shape index (κ2) is 8.53. The van der Waals surface area contributed by atoms with Crippen molar-refractivity contribution in [2.24, 2.45) is 7.05 Å². The summed E-state index contributed by atoms with van der Waals surface area (Å²) in [5.74, 6) is -0.459. The maximum absolute atomic E-state index is 13.2. The van der Waals surface area contributed by atoms with Crippen LogP contribution in [0.4, 0.5) is 0 Å². The Labute approximate surface area is 173 Å². The Morgan fingerprint density at radius 3 is 2.17 bits per heavy atom. The highest BCUT2D eigenvalue weighted by Gasteiger charge is 2.24. The average molecular weight is 396 g/mol. The van der Waals surface area contributed by atoms with Gasteiger partial charge in [0.25, 0.3) is 11.5 Å². The van der Waals surface area contributed by atoms with Gasteiger partial charge in [-0.05, 0) is 17.7 Å². The molecule has 1 N–H and O–H groups in total. The fourth-order valence-electron chi connectivity index (χ4n) is 3.29. The number of benzene rings is 2. The third-order valence-electron chi connectivity index (χ3n) is 4.74. The van der Waals surface area contributed by atoms with Gasteiger partial charge in [0.1, 0.15) is 5.56 Å². The molecule has 0 aliphatic rings. The van der Waals surface area contributed by atoms with E-state index >= 15 is 0 Å². The molecule has 0 saturated heterocycles. The Morgan fingerprint density at radius 1 is 0.900 bits per heavy atom. The maximum Gasteiger partial charge on any atom is 0.280 e. The van der Waals surface area contributed by atoms with Gasteiger partial charge in [0.15, 0.2) is 0 Å². The fraction of sp³-hybridized carbons (Fsp3) is 0.0833. The minimum absolute atomic E-state index is 0.0634. The summed E-state index contributed by atoms with van der Waals surface area (Å²) in [6.07, 6.45) is 1.66. The van der Waals surface area contributed by atoms with Gasteiger partial charge in [-0.25, -0.2) is 4.68 Å². The van der Waals surface area contributed by atoms with E-state index in [1.165, 1.54) is 4.68 Å². The molecule has 0 saturated carbocycles. The largest absolute Gasteiger partial charge is 0.346 e. The van der Waals surface area contributed by atoms with Crippen molar-refractivity contribution in [2.75, 3.05) is 0 Å². The number of nitrogens with zero attached hydrogens (tertiary/aromatic N) is 3. The van der Waals surface area contributed by atoms with Gasteiger partial charge in [-0.1, -0.05) is 66.7 Å². The topological polar surface area (TPSA) is 76.9 Å². The summed E-state index contributed by atoms with van der Waals surface area (Å²) in [6, 6.07) is 24.4. The number of hydrogen-bond acceptors (Lipinski definition) is 4. The predicted octanol–water partition coefficient (Wildman–Crippen LogP) is 3.44. The molecule has 0 aliphatic heterocycles. The number of aryl methyl sites for hydroxylation is 1. The van der Waals surface area contributed by atoms with Crippen LogP contribution in [0, 0.1) is 0 Å². The number of hydrogen-bond donors (Lipinski definition) is 1. The number of amides is 1. The van der Waals surface area contributed by atoms with Gasteiger partial charge >= 0.3 is 0 Å². The first-order valence-corrected chi connectivity index (χ1v) is 9.55. The van der Waals surface area contributed by atoms with E-state index in [9.17, 15) is 9.59 Å². The highest BCUT2D eigenvalue weighted by molar-refractivity contribution is 6.03. The summed E-state index contributed by atoms with van der Waals surface area (Å²) in [5.41, 5.74) is 2.99. The molecule has 30 heavy (non-hydrogen) atoms. The van der Waals surface area contributed by atoms with Crippen LogP contribution < -0.4 is 10.9 Å². The van der Waals surface area contributed by atoms with E-state index in [1.54, 1.807) is 13.2 Å². The van der Waals surface area contributed by atoms with Crippen LogP contribution in [0.25, 0.3) is 22.4 Å². The zero-order valence-electron chi connectivity index (χ0n) is 16.4. The quantitative estimate of drug-likeness (QED) is 0.561. The highest BCUT2D eigenvalue weighted by atomic mass is 16.2. The highest BCUT2D eigenvalue weighted by Crippen LogP contribution is 2.31. The van der Waals surface area contributed by atoms with Gasteiger partial charge < -0.3 is 5.32 Å². The summed E-state index contributed by atoms with van der Waals surface area (Å²) < 4.78 is 1.21. The first-order chi connectivity index (χ1) is 14.6. The molecule has 2 heterocycles. The molecule has 6 nitrogen and oxygen atoms in total. The number of carbonyl (C=O) groups excluding carboxylic acids is 1. The molecule has 4 rings (SSSR count). The predicted molar refractivity (Wildman–Crippen MR) is 116 cm³/mol. The Hall–Kier alpha value is -4.06. The van der Waals surface area contributed by atoms with Crippen LogP contribution in [0.15, 0.2) is 89.9 Å². The number of pyridine rings is 1. The number of rotatable bonds is 5. The second-order valence-electron chi connectivity index (χ2n) is 6.76. The van der Waals surface area contributed by atoms with E-state index in [1.807, 2.05) is 78.9 Å². The monoisotopic (exact) mass is 396 g/mol. The van der Waals surface area contributed by atoms with E-state index in [4.69, 9.17) is 0 Å². The maximum atomic E-state index is 13.2. The average Bonchev–Trinajstić information content (AvgIpc) is 2.80. The standard InChI is InChI=1S/C24H20N4O2/c1-28-24(30)21(23(29)26-16-19-14-8-9-15-25-19)20(17-10-4-2-5-11-17)22(27-28)18-12-6-3-7-13-18/h2-15H,16H2,1H3,(H,26,29). The van der Waals surface area contributed by atoms with Gasteiger partial charge in [-0.3, -0.25) is 14.6 Å². The van der Waals surface area contributed by atoms with Crippen LogP contribution >= 0.6 is 0 Å². The molecule has 0 bridgehead atoms. The lowest BCUT2D eigenvalue weighted by molar-refractivity contribution is 0.0948. The zero-order valence-corrected chi connectivity index (χ0v) is 16.4. The number of carbonyl (C=O) groups is 1. The minimum Gasteiger partial charge on any atom is -0.346 e. The molecular weight excluding hydrogens is 376 g/mol. The van der Waals surface area contributed by atoms with Crippen LogP contribution in [0.1, 0.15) is 16.1 Å². The molecule has 0 aliphatic carbocycles. The van der Waals surface area contributed by atoms with Gasteiger partial charge in [0.2, 0.25) is 0 Å². The van der Waals surface area contributed by atoms with Crippen molar-refractivity contribution in [3.8, 4) is 22.4 Å². The fourth-order valence-corrected chi connectivity index (χ4v) is 3.29. The van der Waals surface area contributed by atoms with Gasteiger partial charge in [0, 0.05) is 24.4 Å². The number of nitrogens with one attached hydrogen (secondary N) is 1. The lowest BCUT2D eigenvalue weighted by Crippen LogP contribution is -2.34. The van der Waals surface area contributed by atoms with Crippen molar-refractivity contribution in [3.63, 3.8) is 0 Å². The molecule has 2 aromatic carbocycles. The summed E-state index contributed by atoms with van der Waals surface area (Å²) in [5, 5.41) is 7.32. The first kappa shape index (κ1) is 19.3. The van der Waals surface area contributed by atoms with Crippen molar-refractivity contribution in [2.45, 2.75) is 6.54 Å². The lowest BCUT2D eigenvalue weighted by Gasteiger charge is -2.16. The molecule has 0 unspecified atom stereocenters. The van der Waals surface area contributed by atoms with Crippen LogP contribution in [-0.2, 0) is 13.6 Å². The van der Waals surface area contributed by atoms with E-state index in [0.717, 1.165) is 11.1 Å². The van der Waals surface area contributed by atoms with E-state index < -0.39 is 11.5 Å². The third kappa shape index (κ3) is 3.89. The number of aromatic nitrogens is 3. The summed E-state index contributed by atoms with van der Waals surface area (Å²) in [4.78, 5) is 30.4. The summed E-state index contributed by atoms with van der Waals surface area (Å²) in [7, 11) is 1.55. The van der Waals surface area contributed by atoms with E-state index in [-0.39, 0.29) is 12.1 Å². The molecule has 0 fully saturated rings. The molecule has 148 valence electrons. The van der Waals surface area contributed by atoms with Crippen molar-refractivity contribution in [1.29, 1.82) is 0 Å². The molecular formula is C24H20N4O2. The third-order valence-corrected chi connectivity index (χ3v) is 4.74. The summed E-state index contributed by atoms with van der Waals surface area (Å²) in [6.45, 7) is 0.222. The Balaban J connectivity index is 1.87. The van der Waals surface area contributed by atoms with Crippen molar-refractivity contribution in [1.82, 2.24) is 20.1 Å². The van der Waals surface area contributed by atoms with E-state index in [2.05, 4.69) is 15.4 Å². The van der Waals surface area contributed by atoms with Gasteiger partial charge in [-0.2, -0.15) is 5.10 Å². The molecule has 0 spiro atoms. The molecule has 1 amide bonds. The molecule has 2 aromatic heterocycles. The zero-order chi connectivity index (χ0) is 20.9. The Kier molecular flexibility index (Phi) is 5.48. The molecule has 6 heteroatoms. The van der Waals surface area contributed by atoms with Crippen LogP contribution in [-0.4, -0.2) is 20.7 Å². The SMILES string of the molecule is Cn1nc(-c2ccccc2)c(-c2ccccc2)c(C(=O)NCc2ccccn2)c1=O. The smallest absolute Gasteiger partial charge is 0.280 e. The van der Waals surface area contributed by atoms with Crippen LogP contribution in [0.5, 0.6) is 0 Å². The van der Waals surface area contributed by atoms with Crippen LogP contribution in [0.3, 0.4) is 0 Å². The second-order valence-corrected chi connectivity index (χ2v) is 6.76. The molecule has 4 aromatic rings. The first-order valence-electron chi connectivity index (χ1n) is 9.55. The molecule has 0 radical (unpaired) electrons. The Bertz CT molecular complexity index is 1220. The van der Waals surface area contributed by atoms with Crippen molar-refractivity contribution < 1.29 is 4.79 Å². The van der Waals surface area contributed by atoms with Crippen molar-refractivity contribution >= 4 is 5.91 Å². The normalized spacial score (nSPS) is 10.6. The van der Waals surface area contributed by atoms with Crippen LogP contribution in [0.2, 0.25) is 0 Å². The molecule has 0 atom stereocenters. The van der Waals surface area contributed by atoms with Gasteiger partial charge in [-0.15, -0.1) is 0 Å². The lowest BCUT2D eigenvalue weighted by atomic mass is 9.95. The van der Waals surface area contributed by atoms with Gasteiger partial charge in [0.05, 0.1) is 17.9 Å². The van der Waals surface area contributed by atoms with Crippen molar-refractivity contribution in [3.05, 3.63) is 107 Å². The Morgan fingerprint density at radius 2 is 1.53 bits per heavy atom. The summed E-state index contributed by atoms with van der Waals surface area (Å²) >= 11 is 0. The minimum atomic E-state index is -0.459. The van der Waals surface area contributed by atoms with E-state index in [0.29, 0.717) is 17.0 Å².